The lowest BCUT2D eigenvalue weighted by atomic mass is 9.77. The minimum Gasteiger partial charge on any atom is -0.496 e. The smallest absolute Gasteiger partial charge is 0.124 e. The normalized spacial score (nSPS) is 17.6. The van der Waals surface area contributed by atoms with Gasteiger partial charge >= 0.3 is 0 Å². The zero-order chi connectivity index (χ0) is 12.3. The van der Waals surface area contributed by atoms with E-state index < -0.39 is 0 Å². The Morgan fingerprint density at radius 2 is 2.24 bits per heavy atom. The van der Waals surface area contributed by atoms with Crippen molar-refractivity contribution >= 4 is 15.9 Å². The number of hydrogen-bond acceptors (Lipinski definition) is 2. The van der Waals surface area contributed by atoms with Gasteiger partial charge in [-0.15, -0.1) is 0 Å². The van der Waals surface area contributed by atoms with Crippen molar-refractivity contribution < 1.29 is 4.74 Å². The summed E-state index contributed by atoms with van der Waals surface area (Å²) in [4.78, 5) is 0. The van der Waals surface area contributed by atoms with E-state index in [2.05, 4.69) is 46.4 Å². The van der Waals surface area contributed by atoms with E-state index in [1.807, 2.05) is 0 Å². The molecule has 17 heavy (non-hydrogen) atoms. The van der Waals surface area contributed by atoms with E-state index in [1.54, 1.807) is 7.11 Å². The van der Waals surface area contributed by atoms with Gasteiger partial charge in [-0.2, -0.15) is 0 Å². The summed E-state index contributed by atoms with van der Waals surface area (Å²) in [5, 5.41) is 3.60. The molecule has 0 spiro atoms. The second-order valence-electron chi connectivity index (χ2n) is 4.61. The van der Waals surface area contributed by atoms with Crippen molar-refractivity contribution in [1.82, 2.24) is 5.32 Å². The van der Waals surface area contributed by atoms with Gasteiger partial charge in [-0.25, -0.2) is 0 Å². The van der Waals surface area contributed by atoms with Crippen molar-refractivity contribution in [3.63, 3.8) is 0 Å². The van der Waals surface area contributed by atoms with Crippen LogP contribution in [0.25, 0.3) is 0 Å². The van der Waals surface area contributed by atoms with Crippen LogP contribution in [0.15, 0.2) is 22.7 Å². The molecule has 1 N–H and O–H groups in total. The quantitative estimate of drug-likeness (QED) is 0.890. The van der Waals surface area contributed by atoms with Crippen LogP contribution in [0.1, 0.15) is 37.8 Å². The Morgan fingerprint density at radius 3 is 2.76 bits per heavy atom. The van der Waals surface area contributed by atoms with Crippen LogP contribution in [0.4, 0.5) is 0 Å². The van der Waals surface area contributed by atoms with Gasteiger partial charge in [-0.1, -0.05) is 35.3 Å². The summed E-state index contributed by atoms with van der Waals surface area (Å²) in [6.45, 7) is 3.16. The van der Waals surface area contributed by atoms with Crippen LogP contribution in [-0.2, 0) is 0 Å². The van der Waals surface area contributed by atoms with E-state index in [-0.39, 0.29) is 0 Å². The third kappa shape index (κ3) is 2.83. The molecule has 1 aromatic rings. The zero-order valence-corrected chi connectivity index (χ0v) is 12.1. The molecule has 3 heteroatoms. The van der Waals surface area contributed by atoms with E-state index in [0.29, 0.717) is 6.04 Å². The molecule has 1 aliphatic rings. The van der Waals surface area contributed by atoms with Crippen LogP contribution in [-0.4, -0.2) is 13.7 Å². The number of methoxy groups -OCH3 is 1. The molecule has 1 saturated carbocycles. The maximum absolute atomic E-state index is 5.50. The van der Waals surface area contributed by atoms with Crippen LogP contribution in [0.3, 0.4) is 0 Å². The molecule has 2 nitrogen and oxygen atoms in total. The highest BCUT2D eigenvalue weighted by Gasteiger charge is 2.29. The Labute approximate surface area is 112 Å². The standard InChI is InChI=1S/C14H20BrNO/c1-3-16-14(10-5-4-6-10)12-8-7-11(15)9-13(12)17-2/h7-10,14,16H,3-6H2,1-2H3. The predicted molar refractivity (Wildman–Crippen MR) is 74.5 cm³/mol. The third-order valence-corrected chi connectivity index (χ3v) is 4.07. The van der Waals surface area contributed by atoms with Gasteiger partial charge in [-0.3, -0.25) is 0 Å². The van der Waals surface area contributed by atoms with Gasteiger partial charge in [0.25, 0.3) is 0 Å². The summed E-state index contributed by atoms with van der Waals surface area (Å²) in [7, 11) is 1.75. The highest BCUT2D eigenvalue weighted by Crippen LogP contribution is 2.41. The predicted octanol–water partition coefficient (Wildman–Crippen LogP) is 3.91. The molecule has 1 fully saturated rings. The Morgan fingerprint density at radius 1 is 1.47 bits per heavy atom. The average molecular weight is 298 g/mol. The van der Waals surface area contributed by atoms with Crippen molar-refractivity contribution in [3.05, 3.63) is 28.2 Å². The molecule has 0 saturated heterocycles. The van der Waals surface area contributed by atoms with Crippen molar-refractivity contribution in [1.29, 1.82) is 0 Å². The zero-order valence-electron chi connectivity index (χ0n) is 10.5. The van der Waals surface area contributed by atoms with Crippen LogP contribution < -0.4 is 10.1 Å². The fraction of sp³-hybridized carbons (Fsp3) is 0.571. The molecule has 1 atom stereocenters. The van der Waals surface area contributed by atoms with Gasteiger partial charge in [0.1, 0.15) is 5.75 Å². The van der Waals surface area contributed by atoms with E-state index >= 15 is 0 Å². The first-order chi connectivity index (χ1) is 8.26. The van der Waals surface area contributed by atoms with Gasteiger partial charge in [0.2, 0.25) is 0 Å². The summed E-state index contributed by atoms with van der Waals surface area (Å²) in [5.41, 5.74) is 1.29. The lowest BCUT2D eigenvalue weighted by Crippen LogP contribution is -2.32. The molecule has 0 radical (unpaired) electrons. The fourth-order valence-electron chi connectivity index (χ4n) is 2.47. The topological polar surface area (TPSA) is 21.3 Å². The Balaban J connectivity index is 2.27. The highest BCUT2D eigenvalue weighted by atomic mass is 79.9. The number of nitrogens with one attached hydrogen (secondary N) is 1. The molecule has 2 rings (SSSR count). The molecule has 1 aromatic carbocycles. The summed E-state index contributed by atoms with van der Waals surface area (Å²) in [5.74, 6) is 1.75. The first-order valence-corrected chi connectivity index (χ1v) is 7.12. The molecule has 0 aromatic heterocycles. The van der Waals surface area contributed by atoms with Crippen molar-refractivity contribution in [2.24, 2.45) is 5.92 Å². The van der Waals surface area contributed by atoms with Crippen molar-refractivity contribution in [2.45, 2.75) is 32.2 Å². The number of ether oxygens (including phenoxy) is 1. The lowest BCUT2D eigenvalue weighted by molar-refractivity contribution is 0.229. The molecule has 0 heterocycles. The number of benzene rings is 1. The Hall–Kier alpha value is -0.540. The molecule has 94 valence electrons. The van der Waals surface area contributed by atoms with Crippen LogP contribution in [0.5, 0.6) is 5.75 Å². The molecular formula is C14H20BrNO. The van der Waals surface area contributed by atoms with Crippen LogP contribution >= 0.6 is 15.9 Å². The summed E-state index contributed by atoms with van der Waals surface area (Å²) >= 11 is 3.49. The Bertz CT molecular complexity index is 376. The van der Waals surface area contributed by atoms with E-state index in [0.717, 1.165) is 22.7 Å². The second kappa shape index (κ2) is 5.87. The first-order valence-electron chi connectivity index (χ1n) is 6.33. The highest BCUT2D eigenvalue weighted by molar-refractivity contribution is 9.10. The molecule has 0 aliphatic heterocycles. The average Bonchev–Trinajstić information content (AvgIpc) is 2.26. The number of rotatable bonds is 5. The number of halogens is 1. The van der Waals surface area contributed by atoms with E-state index in [9.17, 15) is 0 Å². The minimum atomic E-state index is 0.441. The maximum atomic E-state index is 5.50. The number of hydrogen-bond donors (Lipinski definition) is 1. The first kappa shape index (κ1) is 12.9. The molecule has 1 unspecified atom stereocenters. The van der Waals surface area contributed by atoms with Crippen molar-refractivity contribution in [2.75, 3.05) is 13.7 Å². The van der Waals surface area contributed by atoms with Crippen molar-refractivity contribution in [3.8, 4) is 5.75 Å². The fourth-order valence-corrected chi connectivity index (χ4v) is 2.81. The van der Waals surface area contributed by atoms with E-state index in [1.165, 1.54) is 24.8 Å². The van der Waals surface area contributed by atoms with E-state index in [4.69, 9.17) is 4.74 Å². The van der Waals surface area contributed by atoms with Gasteiger partial charge in [-0.05, 0) is 37.4 Å². The second-order valence-corrected chi connectivity index (χ2v) is 5.53. The summed E-state index contributed by atoms with van der Waals surface area (Å²) < 4.78 is 6.57. The lowest BCUT2D eigenvalue weighted by Gasteiger charge is -2.35. The molecular weight excluding hydrogens is 278 g/mol. The van der Waals surface area contributed by atoms with Gasteiger partial charge in [0.05, 0.1) is 7.11 Å². The van der Waals surface area contributed by atoms with Crippen LogP contribution in [0.2, 0.25) is 0 Å². The summed E-state index contributed by atoms with van der Waals surface area (Å²) in [6.07, 6.45) is 4.03. The van der Waals surface area contributed by atoms with Crippen LogP contribution in [0, 0.1) is 5.92 Å². The third-order valence-electron chi connectivity index (χ3n) is 3.58. The molecule has 0 bridgehead atoms. The summed E-state index contributed by atoms with van der Waals surface area (Å²) in [6, 6.07) is 6.77. The molecule has 1 aliphatic carbocycles. The van der Waals surface area contributed by atoms with Gasteiger partial charge < -0.3 is 10.1 Å². The molecule has 0 amide bonds. The monoisotopic (exact) mass is 297 g/mol. The Kier molecular flexibility index (Phi) is 4.46. The largest absolute Gasteiger partial charge is 0.496 e. The maximum Gasteiger partial charge on any atom is 0.124 e. The van der Waals surface area contributed by atoms with Gasteiger partial charge in [0, 0.05) is 16.1 Å². The minimum absolute atomic E-state index is 0.441. The van der Waals surface area contributed by atoms with Gasteiger partial charge in [0.15, 0.2) is 0 Å². The SMILES string of the molecule is CCNC(c1ccc(Br)cc1OC)C1CCC1.